The van der Waals surface area contributed by atoms with E-state index in [1.54, 1.807) is 20.8 Å². The summed E-state index contributed by atoms with van der Waals surface area (Å²) in [5, 5.41) is 13.0. The predicted molar refractivity (Wildman–Crippen MR) is 105 cm³/mol. The molecule has 0 aromatic rings. The fourth-order valence-corrected chi connectivity index (χ4v) is 3.76. The molecule has 182 valence electrons. The van der Waals surface area contributed by atoms with Crippen LogP contribution < -0.4 is 5.32 Å². The highest BCUT2D eigenvalue weighted by Crippen LogP contribution is 2.41. The third-order valence-electron chi connectivity index (χ3n) is 5.04. The van der Waals surface area contributed by atoms with Crippen LogP contribution in [0, 0.1) is 0 Å². The average Bonchev–Trinajstić information content (AvgIpc) is 3.07. The zero-order valence-corrected chi connectivity index (χ0v) is 19.0. The standard InChI is InChI=1S/C20H31NO11/c1-10(22)30-13-9-29-12-8-20(17(25)28-6,31-15(12)14(13)23)7-11(16(24)27-5)21-18(26)32-19(2,3)4/h11-15,23H,7-9H2,1-6H3,(H,21,26)/t11-,12+,13+,14-,15-,20+/m0/s1. The van der Waals surface area contributed by atoms with Gasteiger partial charge in [0, 0.05) is 19.8 Å². The van der Waals surface area contributed by atoms with Gasteiger partial charge in [0.15, 0.2) is 11.7 Å². The molecule has 0 radical (unpaired) electrons. The summed E-state index contributed by atoms with van der Waals surface area (Å²) < 4.78 is 31.4. The van der Waals surface area contributed by atoms with Gasteiger partial charge in [-0.25, -0.2) is 14.4 Å². The zero-order valence-electron chi connectivity index (χ0n) is 19.0. The summed E-state index contributed by atoms with van der Waals surface area (Å²) in [4.78, 5) is 48.6. The van der Waals surface area contributed by atoms with Crippen LogP contribution in [-0.4, -0.2) is 91.6 Å². The van der Waals surface area contributed by atoms with Gasteiger partial charge in [-0.15, -0.1) is 0 Å². The summed E-state index contributed by atoms with van der Waals surface area (Å²) in [5.41, 5.74) is -2.57. The van der Waals surface area contributed by atoms with Crippen molar-refractivity contribution in [3.63, 3.8) is 0 Å². The van der Waals surface area contributed by atoms with Crippen LogP contribution in [0.1, 0.15) is 40.5 Å². The Hall–Kier alpha value is -2.44. The monoisotopic (exact) mass is 461 g/mol. The third kappa shape index (κ3) is 6.08. The summed E-state index contributed by atoms with van der Waals surface area (Å²) in [6, 6.07) is -1.32. The lowest BCUT2D eigenvalue weighted by molar-refractivity contribution is -0.209. The quantitative estimate of drug-likeness (QED) is 0.400. The van der Waals surface area contributed by atoms with E-state index in [-0.39, 0.29) is 19.4 Å². The molecular formula is C20H31NO11. The second-order valence-corrected chi connectivity index (χ2v) is 8.71. The molecule has 0 spiro atoms. The van der Waals surface area contributed by atoms with Crippen LogP contribution in [0.4, 0.5) is 4.79 Å². The molecule has 1 amide bonds. The Bertz CT molecular complexity index is 734. The van der Waals surface area contributed by atoms with Gasteiger partial charge in [0.2, 0.25) is 0 Å². The topological polar surface area (TPSA) is 156 Å². The first kappa shape index (κ1) is 25.8. The molecule has 0 bridgehead atoms. The highest BCUT2D eigenvalue weighted by atomic mass is 16.6. The van der Waals surface area contributed by atoms with Crippen LogP contribution in [0.15, 0.2) is 0 Å². The summed E-state index contributed by atoms with van der Waals surface area (Å²) in [7, 11) is 2.27. The van der Waals surface area contributed by atoms with Crippen molar-refractivity contribution in [2.75, 3.05) is 20.8 Å². The maximum absolute atomic E-state index is 12.7. The van der Waals surface area contributed by atoms with Crippen LogP contribution in [0.5, 0.6) is 0 Å². The molecule has 0 saturated carbocycles. The summed E-state index contributed by atoms with van der Waals surface area (Å²) in [6.07, 6.45) is -5.37. The van der Waals surface area contributed by atoms with Crippen LogP contribution in [0.25, 0.3) is 0 Å². The van der Waals surface area contributed by atoms with Crippen molar-refractivity contribution in [2.45, 2.75) is 82.2 Å². The lowest BCUT2D eigenvalue weighted by Gasteiger charge is -2.35. The number of fused-ring (bicyclic) bond motifs is 1. The number of alkyl carbamates (subject to hydrolysis) is 1. The first-order chi connectivity index (χ1) is 14.8. The number of hydrogen-bond acceptors (Lipinski definition) is 11. The van der Waals surface area contributed by atoms with E-state index in [0.717, 1.165) is 14.2 Å². The van der Waals surface area contributed by atoms with E-state index >= 15 is 0 Å². The van der Waals surface area contributed by atoms with Gasteiger partial charge in [-0.05, 0) is 20.8 Å². The number of carbonyl (C=O) groups is 4. The average molecular weight is 461 g/mol. The minimum atomic E-state index is -1.75. The molecule has 2 heterocycles. The Kier molecular flexibility index (Phi) is 8.07. The van der Waals surface area contributed by atoms with Crippen molar-refractivity contribution < 1.29 is 52.7 Å². The van der Waals surface area contributed by atoms with Crippen molar-refractivity contribution in [3.8, 4) is 0 Å². The molecule has 0 aromatic carbocycles. The lowest BCUT2D eigenvalue weighted by Crippen LogP contribution is -2.53. The van der Waals surface area contributed by atoms with Gasteiger partial charge in [0.25, 0.3) is 0 Å². The number of rotatable bonds is 6. The molecule has 2 saturated heterocycles. The number of nitrogens with one attached hydrogen (secondary N) is 1. The summed E-state index contributed by atoms with van der Waals surface area (Å²) >= 11 is 0. The molecule has 0 unspecified atom stereocenters. The van der Waals surface area contributed by atoms with Crippen molar-refractivity contribution >= 4 is 24.0 Å². The van der Waals surface area contributed by atoms with Gasteiger partial charge in [-0.3, -0.25) is 4.79 Å². The fraction of sp³-hybridized carbons (Fsp3) is 0.800. The highest BCUT2D eigenvalue weighted by molar-refractivity contribution is 5.85. The van der Waals surface area contributed by atoms with E-state index in [1.165, 1.54) is 6.92 Å². The van der Waals surface area contributed by atoms with E-state index in [9.17, 15) is 24.3 Å². The number of methoxy groups -OCH3 is 2. The maximum atomic E-state index is 12.7. The first-order valence-electron chi connectivity index (χ1n) is 10.1. The number of aliphatic hydroxyl groups excluding tert-OH is 1. The molecule has 0 aliphatic carbocycles. The number of aliphatic hydroxyl groups is 1. The van der Waals surface area contributed by atoms with Crippen molar-refractivity contribution in [1.29, 1.82) is 0 Å². The molecule has 2 fully saturated rings. The molecule has 2 rings (SSSR count). The number of ether oxygens (including phenoxy) is 6. The van der Waals surface area contributed by atoms with Gasteiger partial charge in [-0.1, -0.05) is 0 Å². The Labute approximate surface area is 185 Å². The van der Waals surface area contributed by atoms with E-state index in [0.29, 0.717) is 0 Å². The van der Waals surface area contributed by atoms with Crippen molar-refractivity contribution in [1.82, 2.24) is 5.32 Å². The molecule has 12 nitrogen and oxygen atoms in total. The van der Waals surface area contributed by atoms with E-state index in [2.05, 4.69) is 5.32 Å². The Balaban J connectivity index is 2.26. The molecular weight excluding hydrogens is 430 g/mol. The van der Waals surface area contributed by atoms with E-state index < -0.39 is 65.7 Å². The van der Waals surface area contributed by atoms with Gasteiger partial charge >= 0.3 is 24.0 Å². The number of hydrogen-bond donors (Lipinski definition) is 2. The summed E-state index contributed by atoms with van der Waals surface area (Å²) in [6.45, 7) is 6.05. The zero-order chi connectivity index (χ0) is 24.3. The van der Waals surface area contributed by atoms with Gasteiger partial charge in [-0.2, -0.15) is 0 Å². The highest BCUT2D eigenvalue weighted by Gasteiger charge is 2.59. The second-order valence-electron chi connectivity index (χ2n) is 8.71. The largest absolute Gasteiger partial charge is 0.467 e. The first-order valence-corrected chi connectivity index (χ1v) is 10.1. The van der Waals surface area contributed by atoms with E-state index in [4.69, 9.17) is 28.4 Å². The second kappa shape index (κ2) is 10.0. The molecule has 32 heavy (non-hydrogen) atoms. The predicted octanol–water partition coefficient (Wildman–Crippen LogP) is -0.165. The number of carbonyl (C=O) groups excluding carboxylic acids is 4. The minimum absolute atomic E-state index is 0.0717. The van der Waals surface area contributed by atoms with Crippen LogP contribution in [0.3, 0.4) is 0 Å². The molecule has 12 heteroatoms. The Morgan fingerprint density at radius 1 is 1.19 bits per heavy atom. The third-order valence-corrected chi connectivity index (χ3v) is 5.04. The fourth-order valence-electron chi connectivity index (χ4n) is 3.76. The Morgan fingerprint density at radius 2 is 1.84 bits per heavy atom. The number of esters is 3. The minimum Gasteiger partial charge on any atom is -0.467 e. The molecule has 2 N–H and O–H groups in total. The van der Waals surface area contributed by atoms with Gasteiger partial charge in [0.05, 0.1) is 26.9 Å². The molecule has 2 aliphatic rings. The lowest BCUT2D eigenvalue weighted by atomic mass is 9.89. The summed E-state index contributed by atoms with van der Waals surface area (Å²) in [5.74, 6) is -2.27. The van der Waals surface area contributed by atoms with Crippen LogP contribution >= 0.6 is 0 Å². The molecule has 2 aliphatic heterocycles. The van der Waals surface area contributed by atoms with Crippen LogP contribution in [-0.2, 0) is 42.8 Å². The maximum Gasteiger partial charge on any atom is 0.408 e. The normalized spacial score (nSPS) is 30.5. The van der Waals surface area contributed by atoms with Crippen molar-refractivity contribution in [2.24, 2.45) is 0 Å². The smallest absolute Gasteiger partial charge is 0.408 e. The molecule has 0 aromatic heterocycles. The Morgan fingerprint density at radius 3 is 2.38 bits per heavy atom. The van der Waals surface area contributed by atoms with Crippen LogP contribution in [0.2, 0.25) is 0 Å². The van der Waals surface area contributed by atoms with E-state index in [1.807, 2.05) is 0 Å². The van der Waals surface area contributed by atoms with Gasteiger partial charge < -0.3 is 38.8 Å². The molecule has 6 atom stereocenters. The number of amides is 1. The SMILES string of the molecule is COC(=O)[C@H](C[C@]1(C(=O)OC)C[C@H]2OC[C@@H](OC(C)=O)[C@H](O)[C@H]2O1)NC(=O)OC(C)(C)C. The van der Waals surface area contributed by atoms with Crippen molar-refractivity contribution in [3.05, 3.63) is 0 Å². The van der Waals surface area contributed by atoms with Gasteiger partial charge in [0.1, 0.15) is 23.9 Å².